The average Bonchev–Trinajstić information content (AvgIpc) is 3.22. The Kier molecular flexibility index (Phi) is 18.7. The van der Waals surface area contributed by atoms with Gasteiger partial charge in [-0.15, -0.1) is 0 Å². The number of carbonyl (C=O) groups is 6. The number of esters is 1. The zero-order chi connectivity index (χ0) is 42.9. The third kappa shape index (κ3) is 14.7. The smallest absolute Gasteiger partial charge is 0.325 e. The second-order valence-corrected chi connectivity index (χ2v) is 16.1. The molecule has 0 aliphatic carbocycles. The Morgan fingerprint density at radius 2 is 1.68 bits per heavy atom. The number of hydrogen-bond acceptors (Lipinski definition) is 10. The molecule has 1 aromatic rings. The Hall–Kier alpha value is -4.92. The number of cyclic esters (lactones) is 1. The third-order valence-electron chi connectivity index (χ3n) is 10.9. The van der Waals surface area contributed by atoms with Crippen LogP contribution >= 0.6 is 0 Å². The van der Waals surface area contributed by atoms with Gasteiger partial charge in [-0.05, 0) is 75.3 Å². The number of benzene rings is 1. The molecule has 14 heteroatoms. The Balaban J connectivity index is 1.66. The van der Waals surface area contributed by atoms with Gasteiger partial charge in [-0.25, -0.2) is 10.5 Å². The summed E-state index contributed by atoms with van der Waals surface area (Å²) in [5, 5.41) is 19.9. The van der Waals surface area contributed by atoms with Gasteiger partial charge >= 0.3 is 5.97 Å². The number of nitrogens with one attached hydrogen (secondary N) is 3. The lowest BCUT2D eigenvalue weighted by Gasteiger charge is -2.36. The highest BCUT2D eigenvalue weighted by Crippen LogP contribution is 2.24. The number of carbonyl (C=O) groups excluding carboxylic acids is 6. The molecule has 0 saturated carbocycles. The average molecular weight is 818 g/mol. The van der Waals surface area contributed by atoms with Gasteiger partial charge in [0.05, 0.1) is 18.6 Å². The molecule has 2 saturated heterocycles. The number of ketones is 1. The Labute approximate surface area is 348 Å². The molecule has 0 aromatic heterocycles. The van der Waals surface area contributed by atoms with Crippen LogP contribution in [0.25, 0.3) is 0 Å². The molecule has 1 aromatic carbocycles. The second-order valence-electron chi connectivity index (χ2n) is 16.1. The zero-order valence-electron chi connectivity index (χ0n) is 35.1. The first-order valence-electron chi connectivity index (χ1n) is 21.0. The molecular weight excluding hydrogens is 755 g/mol. The number of nitrogens with zero attached hydrogens (tertiary/aromatic N) is 2. The summed E-state index contributed by atoms with van der Waals surface area (Å²) < 4.78 is 6.09. The van der Waals surface area contributed by atoms with E-state index in [1.807, 2.05) is 68.5 Å². The van der Waals surface area contributed by atoms with Crippen molar-refractivity contribution in [3.05, 3.63) is 84.0 Å². The van der Waals surface area contributed by atoms with E-state index in [0.29, 0.717) is 44.4 Å². The zero-order valence-corrected chi connectivity index (χ0v) is 35.1. The number of rotatable bonds is 9. The summed E-state index contributed by atoms with van der Waals surface area (Å²) >= 11 is 0. The highest BCUT2D eigenvalue weighted by molar-refractivity contribution is 5.93. The molecule has 7 atom stereocenters. The van der Waals surface area contributed by atoms with Gasteiger partial charge in [0.1, 0.15) is 30.0 Å². The molecule has 0 spiro atoms. The Bertz CT molecular complexity index is 1720. The maximum atomic E-state index is 14.3. The Morgan fingerprint density at radius 3 is 2.36 bits per heavy atom. The standard InChI is InChI=1S/C45H63N5O9/c1-30(2)40-43(55)46-37(29-34-19-10-8-11-20-34)44(56)49-26-16-21-36(48-49)45(57)59-38(31(3)18-15-23-39(52)50-27-13-14-28-58-50)22-12-7-6-9-17-32(4)41(53)35(42(54)47-40)25-24-33(5)51/h6-12,15,18-20,23,30,32,35-38,40-41,48,53H,13-14,16-17,21-22,24-29H2,1-5H3,(H,46,55)(H,47,54)/b9-6+,12-7+,23-15+,31-18+/t32-,35?,36?,37?,38-,40?,41?/m0/s1. The summed E-state index contributed by atoms with van der Waals surface area (Å²) in [6, 6.07) is 6.24. The maximum absolute atomic E-state index is 14.3. The van der Waals surface area contributed by atoms with E-state index in [2.05, 4.69) is 16.1 Å². The first-order chi connectivity index (χ1) is 28.2. The number of Topliss-reactive ketones (excluding diaryl/α,β-unsaturated/α-hetero) is 1. The number of aliphatic hydroxyl groups is 1. The van der Waals surface area contributed by atoms with Gasteiger partial charge in [0.25, 0.3) is 11.8 Å². The number of hydrazine groups is 1. The van der Waals surface area contributed by atoms with Crippen LogP contribution in [-0.4, -0.2) is 101 Å². The Morgan fingerprint density at radius 1 is 0.949 bits per heavy atom. The van der Waals surface area contributed by atoms with Crippen molar-refractivity contribution in [1.29, 1.82) is 0 Å². The van der Waals surface area contributed by atoms with Gasteiger partial charge in [-0.1, -0.05) is 87.6 Å². The minimum Gasteiger partial charge on any atom is -0.456 e. The molecule has 4 rings (SSSR count). The number of hydroxylamine groups is 2. The number of fused-ring (bicyclic) bond motifs is 2. The highest BCUT2D eigenvalue weighted by Gasteiger charge is 2.38. The number of ether oxygens (including phenoxy) is 1. The van der Waals surface area contributed by atoms with Gasteiger partial charge in [-0.2, -0.15) is 0 Å². The van der Waals surface area contributed by atoms with Crippen molar-refractivity contribution >= 4 is 35.4 Å². The molecule has 59 heavy (non-hydrogen) atoms. The van der Waals surface area contributed by atoms with Crippen molar-refractivity contribution in [2.75, 3.05) is 19.7 Å². The fourth-order valence-electron chi connectivity index (χ4n) is 7.21. The molecule has 3 heterocycles. The number of aliphatic hydroxyl groups excluding tert-OH is 1. The summed E-state index contributed by atoms with van der Waals surface area (Å²) in [4.78, 5) is 86.2. The number of hydrogen-bond donors (Lipinski definition) is 4. The first-order valence-corrected chi connectivity index (χ1v) is 21.0. The second kappa shape index (κ2) is 23.6. The van der Waals surface area contributed by atoms with Crippen LogP contribution < -0.4 is 16.1 Å². The molecule has 2 bridgehead atoms. The molecule has 322 valence electrons. The monoisotopic (exact) mass is 817 g/mol. The predicted octanol–water partition coefficient (Wildman–Crippen LogP) is 4.21. The van der Waals surface area contributed by atoms with E-state index in [9.17, 15) is 33.9 Å². The van der Waals surface area contributed by atoms with Crippen LogP contribution in [-0.2, 0) is 44.8 Å². The molecule has 4 amide bonds. The third-order valence-corrected chi connectivity index (χ3v) is 10.9. The van der Waals surface area contributed by atoms with E-state index >= 15 is 0 Å². The topological polar surface area (TPSA) is 184 Å². The van der Waals surface area contributed by atoms with E-state index in [1.165, 1.54) is 23.1 Å². The minimum absolute atomic E-state index is 0.0784. The van der Waals surface area contributed by atoms with Crippen LogP contribution in [0.1, 0.15) is 91.5 Å². The van der Waals surface area contributed by atoms with Gasteiger partial charge in [-0.3, -0.25) is 33.8 Å². The quantitative estimate of drug-likeness (QED) is 0.160. The van der Waals surface area contributed by atoms with Crippen LogP contribution in [0.5, 0.6) is 0 Å². The summed E-state index contributed by atoms with van der Waals surface area (Å²) in [5.41, 5.74) is 4.54. The van der Waals surface area contributed by atoms with Crippen LogP contribution in [0.2, 0.25) is 0 Å². The van der Waals surface area contributed by atoms with Crippen LogP contribution in [0.3, 0.4) is 0 Å². The van der Waals surface area contributed by atoms with Gasteiger partial charge in [0.15, 0.2) is 0 Å². The van der Waals surface area contributed by atoms with Gasteiger partial charge in [0, 0.05) is 38.4 Å². The molecule has 3 aliphatic rings. The van der Waals surface area contributed by atoms with Gasteiger partial charge < -0.3 is 25.3 Å². The molecule has 4 N–H and O–H groups in total. The lowest BCUT2D eigenvalue weighted by Crippen LogP contribution is -2.62. The normalized spacial score (nSPS) is 28.5. The summed E-state index contributed by atoms with van der Waals surface area (Å²) in [6.45, 7) is 9.89. The van der Waals surface area contributed by atoms with E-state index in [4.69, 9.17) is 9.57 Å². The van der Waals surface area contributed by atoms with E-state index in [-0.39, 0.29) is 43.4 Å². The van der Waals surface area contributed by atoms with Crippen molar-refractivity contribution in [2.45, 2.75) is 123 Å². The molecule has 5 unspecified atom stereocenters. The summed E-state index contributed by atoms with van der Waals surface area (Å²) in [6.07, 6.45) is 13.9. The highest BCUT2D eigenvalue weighted by atomic mass is 16.7. The van der Waals surface area contributed by atoms with Gasteiger partial charge in [0.2, 0.25) is 11.8 Å². The predicted molar refractivity (Wildman–Crippen MR) is 222 cm³/mol. The first kappa shape index (κ1) is 46.8. The maximum Gasteiger partial charge on any atom is 0.325 e. The van der Waals surface area contributed by atoms with Crippen molar-refractivity contribution in [3.63, 3.8) is 0 Å². The molecule has 0 radical (unpaired) electrons. The lowest BCUT2D eigenvalue weighted by atomic mass is 9.85. The van der Waals surface area contributed by atoms with Crippen molar-refractivity contribution in [3.8, 4) is 0 Å². The minimum atomic E-state index is -1.12. The summed E-state index contributed by atoms with van der Waals surface area (Å²) in [5.74, 6) is -4.30. The molecular formula is C45H63N5O9. The fraction of sp³-hybridized carbons (Fsp3) is 0.556. The molecule has 3 aliphatic heterocycles. The van der Waals surface area contributed by atoms with Crippen LogP contribution in [0, 0.1) is 17.8 Å². The van der Waals surface area contributed by atoms with E-state index < -0.39 is 65.9 Å². The van der Waals surface area contributed by atoms with Crippen molar-refractivity contribution in [1.82, 2.24) is 26.1 Å². The van der Waals surface area contributed by atoms with E-state index in [0.717, 1.165) is 18.4 Å². The lowest BCUT2D eigenvalue weighted by molar-refractivity contribution is -0.191. The number of amides is 4. The van der Waals surface area contributed by atoms with Crippen LogP contribution in [0.15, 0.2) is 78.4 Å². The number of allylic oxidation sites excluding steroid dienone is 5. The van der Waals surface area contributed by atoms with Crippen molar-refractivity contribution < 1.29 is 43.4 Å². The van der Waals surface area contributed by atoms with E-state index in [1.54, 1.807) is 26.0 Å². The summed E-state index contributed by atoms with van der Waals surface area (Å²) in [7, 11) is 0. The van der Waals surface area contributed by atoms with Crippen molar-refractivity contribution in [2.24, 2.45) is 17.8 Å². The SMILES string of the molecule is CC(=O)CCC1C(=O)NC(C(C)C)C(=O)NC(Cc2ccccc2)C(=O)N2CCCC(N2)C(=O)O[C@H](/C(C)=C/C=C/C(=O)N2CCCCO2)C/C=C/C=C/C[C@H](C)C1O. The largest absolute Gasteiger partial charge is 0.456 e. The molecule has 14 nitrogen and oxygen atoms in total. The van der Waals surface area contributed by atoms with Crippen LogP contribution in [0.4, 0.5) is 0 Å². The fourth-order valence-corrected chi connectivity index (χ4v) is 7.21. The molecule has 2 fully saturated rings.